The smallest absolute Gasteiger partial charge is 0.326 e. The van der Waals surface area contributed by atoms with Crippen molar-refractivity contribution in [1.82, 2.24) is 10.6 Å². The van der Waals surface area contributed by atoms with Gasteiger partial charge in [-0.1, -0.05) is 13.8 Å². The summed E-state index contributed by atoms with van der Waals surface area (Å²) in [5.41, 5.74) is 0.291. The van der Waals surface area contributed by atoms with Gasteiger partial charge in [-0.15, -0.1) is 0 Å². The standard InChI is InChI=1S/C14H24N2O5/c1-14(2)7-5-9(6-8-14)15-13(21)16-10(12(19)20)3-4-11(17)18/h9-10H,3-8H2,1-2H3,(H,17,18)(H,19,20)(H2,15,16,21)/t10-/m0/s1. The summed E-state index contributed by atoms with van der Waals surface area (Å²) < 4.78 is 0. The molecule has 0 saturated heterocycles. The Morgan fingerprint density at radius 3 is 2.24 bits per heavy atom. The van der Waals surface area contributed by atoms with Crippen molar-refractivity contribution in [1.29, 1.82) is 0 Å². The van der Waals surface area contributed by atoms with Crippen molar-refractivity contribution in [3.05, 3.63) is 0 Å². The highest BCUT2D eigenvalue weighted by Gasteiger charge is 2.28. The molecule has 2 amide bonds. The number of nitrogens with one attached hydrogen (secondary N) is 2. The lowest BCUT2D eigenvalue weighted by molar-refractivity contribution is -0.140. The molecule has 1 atom stereocenters. The third-order valence-electron chi connectivity index (χ3n) is 3.92. The lowest BCUT2D eigenvalue weighted by Crippen LogP contribution is -2.50. The number of carbonyl (C=O) groups is 3. The van der Waals surface area contributed by atoms with Gasteiger partial charge in [0.25, 0.3) is 0 Å². The van der Waals surface area contributed by atoms with Crippen LogP contribution in [-0.2, 0) is 9.59 Å². The first-order valence-electron chi connectivity index (χ1n) is 7.21. The molecule has 0 bridgehead atoms. The molecule has 7 heteroatoms. The van der Waals surface area contributed by atoms with Gasteiger partial charge in [-0.05, 0) is 37.5 Å². The van der Waals surface area contributed by atoms with Crippen molar-refractivity contribution in [2.24, 2.45) is 5.41 Å². The second-order valence-corrected chi connectivity index (χ2v) is 6.38. The minimum Gasteiger partial charge on any atom is -0.481 e. The van der Waals surface area contributed by atoms with E-state index in [1.165, 1.54) is 0 Å². The molecule has 0 unspecified atom stereocenters. The highest BCUT2D eigenvalue weighted by atomic mass is 16.4. The zero-order valence-corrected chi connectivity index (χ0v) is 12.5. The van der Waals surface area contributed by atoms with Crippen LogP contribution in [-0.4, -0.2) is 40.3 Å². The number of amides is 2. The molecule has 0 spiro atoms. The summed E-state index contributed by atoms with van der Waals surface area (Å²) in [6, 6.07) is -1.68. The van der Waals surface area contributed by atoms with Gasteiger partial charge in [0.15, 0.2) is 0 Å². The summed E-state index contributed by atoms with van der Waals surface area (Å²) in [6.07, 6.45) is 3.34. The number of carboxylic acid groups (broad SMARTS) is 2. The Bertz CT molecular complexity index is 398. The largest absolute Gasteiger partial charge is 0.481 e. The zero-order valence-electron chi connectivity index (χ0n) is 12.5. The maximum atomic E-state index is 11.8. The van der Waals surface area contributed by atoms with Crippen LogP contribution in [0.2, 0.25) is 0 Å². The van der Waals surface area contributed by atoms with Gasteiger partial charge in [0.05, 0.1) is 0 Å². The Hall–Kier alpha value is -1.79. The third kappa shape index (κ3) is 6.46. The molecule has 21 heavy (non-hydrogen) atoms. The summed E-state index contributed by atoms with van der Waals surface area (Å²) in [5.74, 6) is -2.31. The number of carbonyl (C=O) groups excluding carboxylic acids is 1. The van der Waals surface area contributed by atoms with Crippen molar-refractivity contribution >= 4 is 18.0 Å². The molecular weight excluding hydrogens is 276 g/mol. The Kier molecular flexibility index (Phi) is 5.99. The summed E-state index contributed by atoms with van der Waals surface area (Å²) in [5, 5.41) is 22.6. The van der Waals surface area contributed by atoms with Gasteiger partial charge in [0.1, 0.15) is 6.04 Å². The highest BCUT2D eigenvalue weighted by molar-refractivity contribution is 5.83. The number of aliphatic carboxylic acids is 2. The molecule has 4 N–H and O–H groups in total. The van der Waals surface area contributed by atoms with Crippen LogP contribution in [0, 0.1) is 5.41 Å². The van der Waals surface area contributed by atoms with E-state index < -0.39 is 24.0 Å². The molecular formula is C14H24N2O5. The van der Waals surface area contributed by atoms with E-state index in [4.69, 9.17) is 10.2 Å². The van der Waals surface area contributed by atoms with Crippen LogP contribution in [0.5, 0.6) is 0 Å². The van der Waals surface area contributed by atoms with Crippen molar-refractivity contribution in [3.8, 4) is 0 Å². The van der Waals surface area contributed by atoms with Crippen molar-refractivity contribution in [2.75, 3.05) is 0 Å². The fourth-order valence-corrected chi connectivity index (χ4v) is 2.45. The molecule has 7 nitrogen and oxygen atoms in total. The summed E-state index contributed by atoms with van der Waals surface area (Å²) >= 11 is 0. The molecule has 0 heterocycles. The van der Waals surface area contributed by atoms with E-state index in [2.05, 4.69) is 24.5 Å². The van der Waals surface area contributed by atoms with Gasteiger partial charge < -0.3 is 20.8 Å². The highest BCUT2D eigenvalue weighted by Crippen LogP contribution is 2.34. The fourth-order valence-electron chi connectivity index (χ4n) is 2.45. The van der Waals surface area contributed by atoms with Gasteiger partial charge in [-0.3, -0.25) is 4.79 Å². The maximum Gasteiger partial charge on any atom is 0.326 e. The minimum absolute atomic E-state index is 0.0481. The number of rotatable bonds is 6. The van der Waals surface area contributed by atoms with Gasteiger partial charge in [-0.2, -0.15) is 0 Å². The monoisotopic (exact) mass is 300 g/mol. The Balaban J connectivity index is 2.40. The minimum atomic E-state index is -1.23. The Labute approximate surface area is 124 Å². The van der Waals surface area contributed by atoms with E-state index in [0.717, 1.165) is 25.7 Å². The van der Waals surface area contributed by atoms with Gasteiger partial charge in [-0.25, -0.2) is 9.59 Å². The molecule has 0 aromatic rings. The average Bonchev–Trinajstić information content (AvgIpc) is 2.36. The van der Waals surface area contributed by atoms with Gasteiger partial charge in [0.2, 0.25) is 0 Å². The van der Waals surface area contributed by atoms with E-state index >= 15 is 0 Å². The first-order chi connectivity index (χ1) is 9.69. The second-order valence-electron chi connectivity index (χ2n) is 6.38. The summed E-state index contributed by atoms with van der Waals surface area (Å²) in [4.78, 5) is 33.3. The summed E-state index contributed by atoms with van der Waals surface area (Å²) in [7, 11) is 0. The maximum absolute atomic E-state index is 11.8. The van der Waals surface area contributed by atoms with Crippen LogP contribution in [0.4, 0.5) is 4.79 Å². The van der Waals surface area contributed by atoms with Crippen molar-refractivity contribution in [2.45, 2.75) is 64.5 Å². The van der Waals surface area contributed by atoms with Crippen LogP contribution in [0.25, 0.3) is 0 Å². The Morgan fingerprint density at radius 1 is 1.19 bits per heavy atom. The molecule has 1 rings (SSSR count). The molecule has 0 aromatic heterocycles. The molecule has 1 saturated carbocycles. The van der Waals surface area contributed by atoms with Crippen LogP contribution < -0.4 is 10.6 Å². The van der Waals surface area contributed by atoms with Crippen molar-refractivity contribution < 1.29 is 24.6 Å². The second kappa shape index (κ2) is 7.28. The van der Waals surface area contributed by atoms with Gasteiger partial charge in [0, 0.05) is 12.5 Å². The van der Waals surface area contributed by atoms with E-state index in [-0.39, 0.29) is 18.9 Å². The number of carboxylic acids is 2. The van der Waals surface area contributed by atoms with Crippen LogP contribution in [0.1, 0.15) is 52.4 Å². The Morgan fingerprint density at radius 2 is 1.76 bits per heavy atom. The summed E-state index contributed by atoms with van der Waals surface area (Å²) in [6.45, 7) is 4.38. The molecule has 0 aliphatic heterocycles. The fraction of sp³-hybridized carbons (Fsp3) is 0.786. The number of urea groups is 1. The van der Waals surface area contributed by atoms with E-state index in [1.807, 2.05) is 0 Å². The topological polar surface area (TPSA) is 116 Å². The molecule has 1 aliphatic carbocycles. The first kappa shape index (κ1) is 17.3. The number of hydrogen-bond acceptors (Lipinski definition) is 3. The molecule has 0 radical (unpaired) electrons. The predicted molar refractivity (Wildman–Crippen MR) is 76.0 cm³/mol. The van der Waals surface area contributed by atoms with E-state index in [0.29, 0.717) is 5.41 Å². The van der Waals surface area contributed by atoms with E-state index in [1.54, 1.807) is 0 Å². The quantitative estimate of drug-likeness (QED) is 0.594. The molecule has 1 fully saturated rings. The third-order valence-corrected chi connectivity index (χ3v) is 3.92. The van der Waals surface area contributed by atoms with Crippen LogP contribution >= 0.6 is 0 Å². The van der Waals surface area contributed by atoms with Gasteiger partial charge >= 0.3 is 18.0 Å². The normalized spacial score (nSPS) is 19.5. The first-order valence-corrected chi connectivity index (χ1v) is 7.21. The molecule has 1 aliphatic rings. The van der Waals surface area contributed by atoms with E-state index in [9.17, 15) is 14.4 Å². The predicted octanol–water partition coefficient (Wildman–Crippen LogP) is 1.57. The average molecular weight is 300 g/mol. The lowest BCUT2D eigenvalue weighted by atomic mass is 9.76. The zero-order chi connectivity index (χ0) is 16.0. The lowest BCUT2D eigenvalue weighted by Gasteiger charge is -2.34. The van der Waals surface area contributed by atoms with Crippen molar-refractivity contribution in [3.63, 3.8) is 0 Å². The number of hydrogen-bond donors (Lipinski definition) is 4. The van der Waals surface area contributed by atoms with Crippen LogP contribution in [0.15, 0.2) is 0 Å². The molecule has 0 aromatic carbocycles. The SMILES string of the molecule is CC1(C)CCC(NC(=O)N[C@@H](CCC(=O)O)C(=O)O)CC1. The molecule has 120 valence electrons. The van der Waals surface area contributed by atoms with Crippen LogP contribution in [0.3, 0.4) is 0 Å².